The van der Waals surface area contributed by atoms with Crippen LogP contribution >= 0.6 is 0 Å². The maximum Gasteiger partial charge on any atom is 0.307 e. The van der Waals surface area contributed by atoms with Crippen LogP contribution < -0.4 is 9.04 Å². The Morgan fingerprint density at radius 2 is 1.92 bits per heavy atom. The second kappa shape index (κ2) is 8.74. The first-order valence-electron chi connectivity index (χ1n) is 11.4. The van der Waals surface area contributed by atoms with Crippen LogP contribution in [0.15, 0.2) is 36.4 Å². The Hall–Kier alpha value is -3.17. The molecule has 9 heteroatoms. The molecule has 0 saturated carbocycles. The number of rotatable bonds is 4. The first kappa shape index (κ1) is 24.5. The maximum absolute atomic E-state index is 15.3. The Labute approximate surface area is 209 Å². The third-order valence-electron chi connectivity index (χ3n) is 6.98. The van der Waals surface area contributed by atoms with Gasteiger partial charge in [0.15, 0.2) is 0 Å². The van der Waals surface area contributed by atoms with Gasteiger partial charge in [0.2, 0.25) is 0 Å². The van der Waals surface area contributed by atoms with Crippen LogP contribution in [0, 0.1) is 19.7 Å². The second-order valence-electron chi connectivity index (χ2n) is 9.15. The largest absolute Gasteiger partial charge is 0.593 e. The van der Waals surface area contributed by atoms with Crippen molar-refractivity contribution in [2.24, 2.45) is 0 Å². The summed E-state index contributed by atoms with van der Waals surface area (Å²) in [4.78, 5) is 11.9. The van der Waals surface area contributed by atoms with E-state index in [1.54, 1.807) is 36.4 Å². The first-order chi connectivity index (χ1) is 17.0. The van der Waals surface area contributed by atoms with Gasteiger partial charge in [-0.3, -0.25) is 4.79 Å². The molecule has 0 aliphatic carbocycles. The summed E-state index contributed by atoms with van der Waals surface area (Å²) in [5.41, 5.74) is 4.05. The standard InChI is InChI=1S/C27H24F3NO4S/c1-14-18(12-22(32)33)23(16-7-8-21-19(11-16)27(29,30)9-10-35-21)15(2)24-25-17(5-4-6-20(25)28)13-31(26(14)24)36(3)34/h4-8,11H,9-10,12-13H2,1-3H3,(H,32,33). The zero-order chi connectivity index (χ0) is 25.9. The predicted molar refractivity (Wildman–Crippen MR) is 132 cm³/mol. The number of anilines is 1. The molecule has 1 atom stereocenters. The van der Waals surface area contributed by atoms with E-state index >= 15 is 4.39 Å². The van der Waals surface area contributed by atoms with Gasteiger partial charge in [-0.05, 0) is 65.4 Å². The highest BCUT2D eigenvalue weighted by atomic mass is 32.2. The van der Waals surface area contributed by atoms with Crippen LogP contribution in [0.3, 0.4) is 0 Å². The molecule has 2 aliphatic rings. The van der Waals surface area contributed by atoms with E-state index < -0.39 is 35.5 Å². The van der Waals surface area contributed by atoms with Crippen molar-refractivity contribution in [3.63, 3.8) is 0 Å². The summed E-state index contributed by atoms with van der Waals surface area (Å²) in [5.74, 6) is -4.56. The molecule has 2 heterocycles. The van der Waals surface area contributed by atoms with Gasteiger partial charge < -0.3 is 14.4 Å². The Morgan fingerprint density at radius 3 is 2.61 bits per heavy atom. The number of hydrogen-bond donors (Lipinski definition) is 1. The van der Waals surface area contributed by atoms with Gasteiger partial charge in [0.05, 0.1) is 48.6 Å². The number of alkyl halides is 2. The van der Waals surface area contributed by atoms with Gasteiger partial charge in [-0.15, -0.1) is 0 Å². The van der Waals surface area contributed by atoms with E-state index in [0.29, 0.717) is 50.2 Å². The van der Waals surface area contributed by atoms with E-state index in [9.17, 15) is 23.2 Å². The van der Waals surface area contributed by atoms with E-state index in [4.69, 9.17) is 4.74 Å². The van der Waals surface area contributed by atoms with Gasteiger partial charge >= 0.3 is 5.97 Å². The number of benzene rings is 3. The average molecular weight is 516 g/mol. The average Bonchev–Trinajstić information content (AvgIpc) is 2.81. The minimum atomic E-state index is -3.09. The number of halogens is 3. The molecule has 3 aromatic carbocycles. The number of aliphatic carboxylic acids is 1. The van der Waals surface area contributed by atoms with Crippen molar-refractivity contribution in [1.29, 1.82) is 0 Å². The smallest absolute Gasteiger partial charge is 0.307 e. The minimum Gasteiger partial charge on any atom is -0.593 e. The molecule has 2 aliphatic heterocycles. The minimum absolute atomic E-state index is 0.0889. The Morgan fingerprint density at radius 1 is 1.17 bits per heavy atom. The highest BCUT2D eigenvalue weighted by molar-refractivity contribution is 7.92. The van der Waals surface area contributed by atoms with Crippen molar-refractivity contribution in [1.82, 2.24) is 0 Å². The fourth-order valence-corrected chi connectivity index (χ4v) is 6.19. The fraction of sp³-hybridized carbons (Fsp3) is 0.296. The lowest BCUT2D eigenvalue weighted by Crippen LogP contribution is -2.34. The van der Waals surface area contributed by atoms with Crippen molar-refractivity contribution in [3.8, 4) is 28.0 Å². The molecule has 36 heavy (non-hydrogen) atoms. The zero-order valence-corrected chi connectivity index (χ0v) is 20.8. The SMILES string of the molecule is Cc1c(-c2ccc3c(c2)C(F)(F)CCO3)c(CC(=O)O)c(C)c2c1-c1c(F)cccc1CN2[S+](C)[O-]. The van der Waals surface area contributed by atoms with E-state index in [0.717, 1.165) is 0 Å². The van der Waals surface area contributed by atoms with E-state index in [-0.39, 0.29) is 30.9 Å². The van der Waals surface area contributed by atoms with E-state index in [1.165, 1.54) is 24.5 Å². The highest BCUT2D eigenvalue weighted by Gasteiger charge is 2.39. The zero-order valence-electron chi connectivity index (χ0n) is 20.0. The lowest BCUT2D eigenvalue weighted by atomic mass is 9.80. The highest BCUT2D eigenvalue weighted by Crippen LogP contribution is 2.51. The van der Waals surface area contributed by atoms with Crippen LogP contribution in [0.1, 0.15) is 34.2 Å². The van der Waals surface area contributed by atoms with Crippen LogP contribution in [-0.4, -0.2) is 28.5 Å². The lowest BCUT2D eigenvalue weighted by molar-refractivity contribution is -0.136. The fourth-order valence-electron chi connectivity index (χ4n) is 5.38. The summed E-state index contributed by atoms with van der Waals surface area (Å²) in [6.45, 7) is 3.53. The predicted octanol–water partition coefficient (Wildman–Crippen LogP) is 5.89. The maximum atomic E-state index is 15.3. The number of hydrogen-bond acceptors (Lipinski definition) is 4. The monoisotopic (exact) mass is 515 g/mol. The molecule has 1 N–H and O–H groups in total. The summed E-state index contributed by atoms with van der Waals surface area (Å²) >= 11 is -1.48. The summed E-state index contributed by atoms with van der Waals surface area (Å²) in [7, 11) is 0. The molecule has 0 fully saturated rings. The topological polar surface area (TPSA) is 72.8 Å². The number of ether oxygens (including phenoxy) is 1. The van der Waals surface area contributed by atoms with Crippen molar-refractivity contribution < 1.29 is 32.4 Å². The van der Waals surface area contributed by atoms with Gasteiger partial charge in [-0.2, -0.15) is 4.31 Å². The van der Waals surface area contributed by atoms with E-state index in [1.807, 2.05) is 0 Å². The number of carboxylic acid groups (broad SMARTS) is 1. The van der Waals surface area contributed by atoms with Gasteiger partial charge in [-0.25, -0.2) is 13.2 Å². The first-order valence-corrected chi connectivity index (χ1v) is 12.9. The van der Waals surface area contributed by atoms with Crippen LogP contribution in [0.25, 0.3) is 22.3 Å². The summed E-state index contributed by atoms with van der Waals surface area (Å²) in [6, 6.07) is 9.13. The normalized spacial score (nSPS) is 16.5. The van der Waals surface area contributed by atoms with Crippen LogP contribution in [-0.2, 0) is 35.0 Å². The molecule has 0 amide bonds. The molecular formula is C27H24F3NO4S. The van der Waals surface area contributed by atoms with Gasteiger partial charge in [0, 0.05) is 11.1 Å². The van der Waals surface area contributed by atoms with Crippen molar-refractivity contribution in [2.45, 2.75) is 39.2 Å². The number of fused-ring (bicyclic) bond motifs is 4. The molecule has 5 nitrogen and oxygen atoms in total. The quantitative estimate of drug-likeness (QED) is 0.439. The summed E-state index contributed by atoms with van der Waals surface area (Å²) in [6.07, 6.45) is 0.677. The molecule has 3 aromatic rings. The number of carboxylic acids is 1. The van der Waals surface area contributed by atoms with E-state index in [2.05, 4.69) is 0 Å². The summed E-state index contributed by atoms with van der Waals surface area (Å²) in [5, 5.41) is 9.74. The molecule has 0 aromatic heterocycles. The van der Waals surface area contributed by atoms with Crippen LogP contribution in [0.2, 0.25) is 0 Å². The second-order valence-corrected chi connectivity index (χ2v) is 10.4. The lowest BCUT2D eigenvalue weighted by Gasteiger charge is -2.35. The number of carbonyl (C=O) groups is 1. The van der Waals surface area contributed by atoms with Gasteiger partial charge in [-0.1, -0.05) is 18.2 Å². The molecule has 0 bridgehead atoms. The Balaban J connectivity index is 1.88. The van der Waals surface area contributed by atoms with Crippen LogP contribution in [0.5, 0.6) is 5.75 Å². The molecule has 0 saturated heterocycles. The molecule has 188 valence electrons. The van der Waals surface area contributed by atoms with Crippen molar-refractivity contribution in [3.05, 3.63) is 70.0 Å². The van der Waals surface area contributed by atoms with Crippen molar-refractivity contribution >= 4 is 23.0 Å². The molecule has 0 radical (unpaired) electrons. The van der Waals surface area contributed by atoms with Gasteiger partial charge in [0.1, 0.15) is 17.8 Å². The third kappa shape index (κ3) is 3.81. The molecular weight excluding hydrogens is 491 g/mol. The van der Waals surface area contributed by atoms with Crippen molar-refractivity contribution in [2.75, 3.05) is 17.2 Å². The number of nitrogens with zero attached hydrogens (tertiary/aromatic N) is 1. The molecule has 5 rings (SSSR count). The van der Waals surface area contributed by atoms with Gasteiger partial charge in [0.25, 0.3) is 5.92 Å². The van der Waals surface area contributed by atoms with Crippen LogP contribution in [0.4, 0.5) is 18.9 Å². The third-order valence-corrected chi connectivity index (χ3v) is 7.92. The molecule has 1 unspecified atom stereocenters. The Kier molecular flexibility index (Phi) is 5.95. The summed E-state index contributed by atoms with van der Waals surface area (Å²) < 4.78 is 64.6. The molecule has 0 spiro atoms. The Bertz CT molecular complexity index is 1410.